The summed E-state index contributed by atoms with van der Waals surface area (Å²) in [6, 6.07) is 0.496. The van der Waals surface area contributed by atoms with Crippen molar-refractivity contribution in [1.29, 1.82) is 0 Å². The summed E-state index contributed by atoms with van der Waals surface area (Å²) in [6.07, 6.45) is 5.38. The Labute approximate surface area is 105 Å². The minimum atomic E-state index is -0.294. The van der Waals surface area contributed by atoms with Gasteiger partial charge < -0.3 is 10.6 Å². The van der Waals surface area contributed by atoms with Crippen LogP contribution in [0.4, 0.5) is 0 Å². The molecule has 0 bridgehead atoms. The van der Waals surface area contributed by atoms with E-state index in [-0.39, 0.29) is 11.5 Å². The van der Waals surface area contributed by atoms with Crippen molar-refractivity contribution in [3.05, 3.63) is 0 Å². The quantitative estimate of drug-likeness (QED) is 0.801. The van der Waals surface area contributed by atoms with Crippen LogP contribution < -0.4 is 5.73 Å². The average Bonchev–Trinajstić information content (AvgIpc) is 2.86. The van der Waals surface area contributed by atoms with Gasteiger partial charge in [-0.2, -0.15) is 0 Å². The summed E-state index contributed by atoms with van der Waals surface area (Å²) in [5.41, 5.74) is 5.86. The zero-order valence-corrected chi connectivity index (χ0v) is 11.4. The molecule has 1 saturated carbocycles. The van der Waals surface area contributed by atoms with Crippen LogP contribution in [0.2, 0.25) is 0 Å². The van der Waals surface area contributed by atoms with E-state index in [1.807, 2.05) is 0 Å². The number of rotatable bonds is 2. The first-order valence-corrected chi connectivity index (χ1v) is 7.03. The molecule has 2 aliphatic rings. The van der Waals surface area contributed by atoms with E-state index in [4.69, 9.17) is 5.73 Å². The van der Waals surface area contributed by atoms with Gasteiger partial charge in [-0.25, -0.2) is 0 Å². The molecule has 1 heterocycles. The van der Waals surface area contributed by atoms with Crippen molar-refractivity contribution in [3.8, 4) is 0 Å². The van der Waals surface area contributed by atoms with Gasteiger partial charge in [-0.05, 0) is 38.5 Å². The highest BCUT2D eigenvalue weighted by molar-refractivity contribution is 5.84. The van der Waals surface area contributed by atoms with Crippen molar-refractivity contribution in [2.24, 2.45) is 17.1 Å². The fraction of sp³-hybridized carbons (Fsp3) is 0.929. The van der Waals surface area contributed by atoms with Crippen LogP contribution in [0.5, 0.6) is 0 Å². The first-order valence-electron chi connectivity index (χ1n) is 7.03. The van der Waals surface area contributed by atoms with Crippen molar-refractivity contribution in [3.63, 3.8) is 0 Å². The molecule has 1 amide bonds. The van der Waals surface area contributed by atoms with Crippen molar-refractivity contribution >= 4 is 5.91 Å². The second-order valence-electron chi connectivity index (χ2n) is 6.37. The van der Waals surface area contributed by atoms with E-state index in [9.17, 15) is 4.79 Å². The van der Waals surface area contributed by atoms with Gasteiger partial charge >= 0.3 is 0 Å². The predicted molar refractivity (Wildman–Crippen MR) is 69.5 cm³/mol. The van der Waals surface area contributed by atoms with E-state index in [0.717, 1.165) is 38.6 Å². The topological polar surface area (TPSA) is 46.3 Å². The van der Waals surface area contributed by atoms with Crippen molar-refractivity contribution in [2.45, 2.75) is 65.0 Å². The first kappa shape index (κ1) is 12.9. The maximum absolute atomic E-state index is 12.7. The number of hydrogen-bond donors (Lipinski definition) is 1. The molecule has 1 saturated heterocycles. The first-order chi connectivity index (χ1) is 7.97. The van der Waals surface area contributed by atoms with Crippen LogP contribution in [-0.4, -0.2) is 29.4 Å². The highest BCUT2D eigenvalue weighted by Gasteiger charge is 2.47. The van der Waals surface area contributed by atoms with Gasteiger partial charge in [0.05, 0.1) is 5.41 Å². The Balaban J connectivity index is 2.14. The highest BCUT2D eigenvalue weighted by Crippen LogP contribution is 2.40. The normalized spacial score (nSPS) is 38.1. The Kier molecular flexibility index (Phi) is 3.48. The van der Waals surface area contributed by atoms with Crippen molar-refractivity contribution < 1.29 is 4.79 Å². The summed E-state index contributed by atoms with van der Waals surface area (Å²) < 4.78 is 0. The van der Waals surface area contributed by atoms with Gasteiger partial charge in [-0.15, -0.1) is 0 Å². The van der Waals surface area contributed by atoms with E-state index >= 15 is 0 Å². The van der Waals surface area contributed by atoms with Gasteiger partial charge in [-0.1, -0.05) is 20.3 Å². The molecule has 0 aromatic carbocycles. The molecular weight excluding hydrogens is 212 g/mol. The lowest BCUT2D eigenvalue weighted by Gasteiger charge is -2.36. The van der Waals surface area contributed by atoms with E-state index in [2.05, 4.69) is 25.7 Å². The number of carbonyl (C=O) groups excluding carboxylic acids is 1. The van der Waals surface area contributed by atoms with Crippen LogP contribution in [0.3, 0.4) is 0 Å². The monoisotopic (exact) mass is 238 g/mol. The molecule has 0 spiro atoms. The SMILES string of the molecule is CC(C)C1CCCN1C(=O)C1(C)CCCC1N. The minimum Gasteiger partial charge on any atom is -0.339 e. The molecule has 3 unspecified atom stereocenters. The van der Waals surface area contributed by atoms with Crippen LogP contribution >= 0.6 is 0 Å². The second kappa shape index (κ2) is 4.60. The Morgan fingerprint density at radius 3 is 2.59 bits per heavy atom. The largest absolute Gasteiger partial charge is 0.339 e. The van der Waals surface area contributed by atoms with E-state index in [1.165, 1.54) is 0 Å². The third-order valence-electron chi connectivity index (χ3n) is 4.85. The predicted octanol–water partition coefficient (Wildman–Crippen LogP) is 2.15. The summed E-state index contributed by atoms with van der Waals surface area (Å²) >= 11 is 0. The summed E-state index contributed by atoms with van der Waals surface area (Å²) in [7, 11) is 0. The zero-order chi connectivity index (χ0) is 12.6. The van der Waals surface area contributed by atoms with Crippen LogP contribution in [0.25, 0.3) is 0 Å². The van der Waals surface area contributed by atoms with Gasteiger partial charge in [0.25, 0.3) is 0 Å². The Bertz CT molecular complexity index is 303. The van der Waals surface area contributed by atoms with E-state index in [0.29, 0.717) is 17.9 Å². The van der Waals surface area contributed by atoms with Gasteiger partial charge in [0, 0.05) is 18.6 Å². The van der Waals surface area contributed by atoms with E-state index in [1.54, 1.807) is 0 Å². The van der Waals surface area contributed by atoms with Crippen LogP contribution in [0.15, 0.2) is 0 Å². The molecule has 1 aliphatic heterocycles. The molecule has 98 valence electrons. The van der Waals surface area contributed by atoms with Crippen LogP contribution in [0.1, 0.15) is 52.9 Å². The molecule has 0 aromatic heterocycles. The molecule has 3 nitrogen and oxygen atoms in total. The van der Waals surface area contributed by atoms with Crippen molar-refractivity contribution in [1.82, 2.24) is 4.90 Å². The number of amides is 1. The third kappa shape index (κ3) is 2.10. The Morgan fingerprint density at radius 2 is 2.06 bits per heavy atom. The lowest BCUT2D eigenvalue weighted by Crippen LogP contribution is -2.51. The summed E-state index contributed by atoms with van der Waals surface area (Å²) in [5, 5.41) is 0. The maximum Gasteiger partial charge on any atom is 0.230 e. The second-order valence-corrected chi connectivity index (χ2v) is 6.37. The highest BCUT2D eigenvalue weighted by atomic mass is 16.2. The molecule has 3 heteroatoms. The van der Waals surface area contributed by atoms with Crippen LogP contribution in [0, 0.1) is 11.3 Å². The summed E-state index contributed by atoms with van der Waals surface area (Å²) in [5.74, 6) is 0.876. The molecule has 1 aliphatic carbocycles. The van der Waals surface area contributed by atoms with Gasteiger partial charge in [-0.3, -0.25) is 4.79 Å². The third-order valence-corrected chi connectivity index (χ3v) is 4.85. The lowest BCUT2D eigenvalue weighted by atomic mass is 9.83. The molecule has 2 fully saturated rings. The number of carbonyl (C=O) groups is 1. The number of nitrogens with two attached hydrogens (primary N) is 1. The van der Waals surface area contributed by atoms with E-state index < -0.39 is 0 Å². The Morgan fingerprint density at radius 1 is 1.35 bits per heavy atom. The molecule has 17 heavy (non-hydrogen) atoms. The van der Waals surface area contributed by atoms with Crippen LogP contribution in [-0.2, 0) is 4.79 Å². The van der Waals surface area contributed by atoms with Gasteiger partial charge in [0.1, 0.15) is 0 Å². The Hall–Kier alpha value is -0.570. The molecule has 2 rings (SSSR count). The zero-order valence-electron chi connectivity index (χ0n) is 11.4. The summed E-state index contributed by atoms with van der Waals surface area (Å²) in [4.78, 5) is 14.9. The smallest absolute Gasteiger partial charge is 0.230 e. The molecule has 0 aromatic rings. The molecular formula is C14H26N2O. The maximum atomic E-state index is 12.7. The molecule has 3 atom stereocenters. The number of hydrogen-bond acceptors (Lipinski definition) is 2. The van der Waals surface area contributed by atoms with Crippen molar-refractivity contribution in [2.75, 3.05) is 6.54 Å². The fourth-order valence-electron chi connectivity index (χ4n) is 3.52. The lowest BCUT2D eigenvalue weighted by molar-refractivity contribution is -0.143. The molecule has 2 N–H and O–H groups in total. The summed E-state index contributed by atoms with van der Waals surface area (Å²) in [6.45, 7) is 7.44. The number of nitrogens with zero attached hydrogens (tertiary/aromatic N) is 1. The standard InChI is InChI=1S/C14H26N2O/c1-10(2)11-6-5-9-16(11)13(17)14(3)8-4-7-12(14)15/h10-12H,4-9,15H2,1-3H3. The average molecular weight is 238 g/mol. The number of likely N-dealkylation sites (tertiary alicyclic amines) is 1. The molecule has 0 radical (unpaired) electrons. The fourth-order valence-corrected chi connectivity index (χ4v) is 3.52. The van der Waals surface area contributed by atoms with Gasteiger partial charge in [0.2, 0.25) is 5.91 Å². The minimum absolute atomic E-state index is 0.0587. The van der Waals surface area contributed by atoms with Gasteiger partial charge in [0.15, 0.2) is 0 Å².